The summed E-state index contributed by atoms with van der Waals surface area (Å²) in [5.74, 6) is 0. The normalized spacial score (nSPS) is 36.3. The monoisotopic (exact) mass is 652 g/mol. The Morgan fingerprint density at radius 2 is 1.00 bits per heavy atom. The summed E-state index contributed by atoms with van der Waals surface area (Å²) in [4.78, 5) is 51.3. The predicted octanol–water partition coefficient (Wildman–Crippen LogP) is -12.2. The van der Waals surface area contributed by atoms with Gasteiger partial charge in [0.05, 0.1) is 13.2 Å². The standard InChI is InChI=1S/C12H22O11.3Ca.2H3O4P/c13-1-3-5(15)6(16)9(19)12(22-3)23-10-4(2-14)21-11(20)8(18)7(10)17;;;;2*1-5(2,3)4/h3-20H,1-2H2;;;;2*(H3,1,2,3,4)/q;3*+2;;/p-6/t3-,4-,5+,6+,7-,8-,9-,10-,11?,12+;;;;;/m1...../s1. The van der Waals surface area contributed by atoms with E-state index in [1.165, 1.54) is 0 Å². The summed E-state index contributed by atoms with van der Waals surface area (Å²) in [5, 5.41) is 76.5. The molecule has 0 aromatic rings. The molecule has 2 aliphatic heterocycles. The molecule has 0 aromatic heterocycles. The van der Waals surface area contributed by atoms with Crippen LogP contribution in [-0.4, -0.2) is 229 Å². The molecule has 2 saturated heterocycles. The van der Waals surface area contributed by atoms with E-state index in [0.717, 1.165) is 0 Å². The third kappa shape index (κ3) is 18.9. The van der Waals surface area contributed by atoms with E-state index in [1.807, 2.05) is 0 Å². The minimum atomic E-state index is -5.39. The first-order chi connectivity index (χ1) is 14.8. The number of hydrogen-bond acceptors (Lipinski definition) is 19. The van der Waals surface area contributed by atoms with Gasteiger partial charge in [-0.05, 0) is 0 Å². The zero-order valence-corrected chi connectivity index (χ0v) is 26.7. The fourth-order valence-electron chi connectivity index (χ4n) is 2.57. The molecule has 2 fully saturated rings. The number of ether oxygens (including phenoxy) is 3. The molecule has 2 heterocycles. The third-order valence-corrected chi connectivity index (χ3v) is 3.98. The van der Waals surface area contributed by atoms with Crippen LogP contribution in [0.4, 0.5) is 0 Å². The van der Waals surface area contributed by atoms with Gasteiger partial charge in [-0.2, -0.15) is 15.6 Å². The SMILES string of the molecule is O=P([O-])([O-])[O-].O=P([O-])([O-])[O-].OC[C@H]1O[C@@H](O[C@H]2[C@H](O)[C@@H](O)C(O)O[C@@H]2CO)[C@H](O)[C@@H](O)[C@H]1O.[Ca+2].[Ca+2].[Ca+2]. The van der Waals surface area contributed by atoms with Crippen LogP contribution in [0.5, 0.6) is 0 Å². The van der Waals surface area contributed by atoms with E-state index in [-0.39, 0.29) is 113 Å². The Balaban J connectivity index is -0.000000337. The summed E-state index contributed by atoms with van der Waals surface area (Å²) >= 11 is 0. The second-order valence-corrected chi connectivity index (χ2v) is 8.21. The molecule has 0 spiro atoms. The molecule has 24 heteroatoms. The summed E-state index contributed by atoms with van der Waals surface area (Å²) in [6.07, 6.45) is -15.6. The Morgan fingerprint density at radius 3 is 1.36 bits per heavy atom. The molecule has 19 nitrogen and oxygen atoms in total. The van der Waals surface area contributed by atoms with Crippen molar-refractivity contribution in [3.8, 4) is 0 Å². The van der Waals surface area contributed by atoms with Gasteiger partial charge in [0.1, 0.15) is 48.8 Å². The van der Waals surface area contributed by atoms with Gasteiger partial charge in [-0.1, -0.05) is 0 Å². The minimum Gasteiger partial charge on any atom is -0.822 e. The minimum absolute atomic E-state index is 0. The first kappa shape index (κ1) is 46.5. The third-order valence-electron chi connectivity index (χ3n) is 3.98. The molecular formula is C12H22Ca3O19P2. The molecule has 1 unspecified atom stereocenters. The van der Waals surface area contributed by atoms with Crippen LogP contribution >= 0.6 is 15.6 Å². The van der Waals surface area contributed by atoms with Gasteiger partial charge in [-0.3, -0.25) is 0 Å². The summed E-state index contributed by atoms with van der Waals surface area (Å²) in [5.41, 5.74) is 0. The smallest absolute Gasteiger partial charge is 0.822 e. The average Bonchev–Trinajstić information content (AvgIpc) is 2.65. The van der Waals surface area contributed by atoms with Crippen LogP contribution in [0.2, 0.25) is 0 Å². The van der Waals surface area contributed by atoms with Crippen molar-refractivity contribution in [1.29, 1.82) is 0 Å². The number of phosphoric acid groups is 2. The van der Waals surface area contributed by atoms with Crippen molar-refractivity contribution in [1.82, 2.24) is 0 Å². The van der Waals surface area contributed by atoms with Gasteiger partial charge in [0.2, 0.25) is 0 Å². The van der Waals surface area contributed by atoms with E-state index in [9.17, 15) is 35.7 Å². The second kappa shape index (κ2) is 21.3. The van der Waals surface area contributed by atoms with E-state index in [1.54, 1.807) is 0 Å². The van der Waals surface area contributed by atoms with Crippen molar-refractivity contribution in [2.45, 2.75) is 61.4 Å². The van der Waals surface area contributed by atoms with E-state index in [0.29, 0.717) is 0 Å². The zero-order valence-electron chi connectivity index (χ0n) is 18.3. The van der Waals surface area contributed by atoms with Crippen molar-refractivity contribution in [2.24, 2.45) is 0 Å². The van der Waals surface area contributed by atoms with Gasteiger partial charge in [0.25, 0.3) is 0 Å². The van der Waals surface area contributed by atoms with Crippen molar-refractivity contribution in [2.75, 3.05) is 13.2 Å². The zero-order chi connectivity index (χ0) is 26.3. The molecule has 0 saturated carbocycles. The molecule has 0 aliphatic carbocycles. The molecule has 2 aliphatic rings. The first-order valence-electron chi connectivity index (χ1n) is 8.54. The largest absolute Gasteiger partial charge is 2.00 e. The molecule has 36 heavy (non-hydrogen) atoms. The Kier molecular flexibility index (Phi) is 27.5. The van der Waals surface area contributed by atoms with E-state index < -0.39 is 90.3 Å². The molecule has 0 amide bonds. The number of hydrogen-bond donors (Lipinski definition) is 8. The van der Waals surface area contributed by atoms with Gasteiger partial charge in [0.15, 0.2) is 12.6 Å². The second-order valence-electron chi connectivity index (χ2n) is 6.42. The van der Waals surface area contributed by atoms with Crippen LogP contribution in [0.1, 0.15) is 0 Å². The van der Waals surface area contributed by atoms with Crippen LogP contribution in [0, 0.1) is 0 Å². The van der Waals surface area contributed by atoms with Gasteiger partial charge in [-0.15, -0.1) is 0 Å². The van der Waals surface area contributed by atoms with Crippen molar-refractivity contribution >= 4 is 129 Å². The van der Waals surface area contributed by atoms with Crippen LogP contribution in [0.3, 0.4) is 0 Å². The van der Waals surface area contributed by atoms with Crippen LogP contribution in [0.25, 0.3) is 0 Å². The van der Waals surface area contributed by atoms with Gasteiger partial charge >= 0.3 is 113 Å². The van der Waals surface area contributed by atoms with Crippen LogP contribution in [-0.2, 0) is 23.3 Å². The molecule has 200 valence electrons. The Morgan fingerprint density at radius 1 is 0.611 bits per heavy atom. The van der Waals surface area contributed by atoms with Crippen LogP contribution in [0.15, 0.2) is 0 Å². The topological polar surface area (TPSA) is 362 Å². The van der Waals surface area contributed by atoms with E-state index in [4.69, 9.17) is 57.8 Å². The van der Waals surface area contributed by atoms with Crippen molar-refractivity contribution in [3.63, 3.8) is 0 Å². The van der Waals surface area contributed by atoms with E-state index >= 15 is 0 Å². The number of aliphatic hydroxyl groups excluding tert-OH is 8. The fraction of sp³-hybridized carbons (Fsp3) is 1.00. The number of aliphatic hydroxyl groups is 8. The van der Waals surface area contributed by atoms with E-state index in [2.05, 4.69) is 0 Å². The first-order valence-corrected chi connectivity index (χ1v) is 11.5. The Labute approximate surface area is 293 Å². The molecule has 0 aromatic carbocycles. The van der Waals surface area contributed by atoms with Gasteiger partial charge < -0.3 is 93.6 Å². The van der Waals surface area contributed by atoms with Crippen molar-refractivity contribution < 1.29 is 93.6 Å². The number of rotatable bonds is 4. The molecule has 8 N–H and O–H groups in total. The quantitative estimate of drug-likeness (QED) is 0.103. The average molecular weight is 652 g/mol. The molecule has 0 radical (unpaired) electrons. The summed E-state index contributed by atoms with van der Waals surface area (Å²) in [6, 6.07) is 0. The molecule has 0 bridgehead atoms. The van der Waals surface area contributed by atoms with Crippen molar-refractivity contribution in [3.05, 3.63) is 0 Å². The fourth-order valence-corrected chi connectivity index (χ4v) is 2.57. The maximum Gasteiger partial charge on any atom is 2.00 e. The van der Waals surface area contributed by atoms with Gasteiger partial charge in [-0.25, -0.2) is 0 Å². The van der Waals surface area contributed by atoms with Crippen LogP contribution < -0.4 is 29.4 Å². The summed E-state index contributed by atoms with van der Waals surface area (Å²) in [7, 11) is -10.8. The predicted molar refractivity (Wildman–Crippen MR) is 101 cm³/mol. The summed E-state index contributed by atoms with van der Waals surface area (Å²) < 4.78 is 32.4. The maximum atomic E-state index is 9.94. The maximum absolute atomic E-state index is 9.94. The molecule has 10 atom stereocenters. The molecule has 2 rings (SSSR count). The van der Waals surface area contributed by atoms with Gasteiger partial charge in [0, 0.05) is 0 Å². The summed E-state index contributed by atoms with van der Waals surface area (Å²) in [6.45, 7) is -1.35. The molecular weight excluding hydrogens is 630 g/mol. The Hall–Kier alpha value is 3.56. The Bertz CT molecular complexity index is 627.